The number of amides is 1. The van der Waals surface area contributed by atoms with Crippen LogP contribution in [0.4, 0.5) is 21.7 Å². The van der Waals surface area contributed by atoms with Gasteiger partial charge in [-0.1, -0.05) is 69.3 Å². The molecule has 2 aromatic carbocycles. The fraction of sp³-hybridized carbons (Fsp3) is 0.370. The Kier molecular flexibility index (Phi) is 6.47. The molecule has 0 bridgehead atoms. The van der Waals surface area contributed by atoms with Gasteiger partial charge in [-0.3, -0.25) is 14.1 Å². The van der Waals surface area contributed by atoms with Crippen molar-refractivity contribution in [2.24, 2.45) is 0 Å². The lowest BCUT2D eigenvalue weighted by Crippen LogP contribution is -2.38. The molecule has 2 aliphatic rings. The summed E-state index contributed by atoms with van der Waals surface area (Å²) in [5.41, 5.74) is 4.42. The summed E-state index contributed by atoms with van der Waals surface area (Å²) in [6.07, 6.45) is 1.55. The van der Waals surface area contributed by atoms with Crippen molar-refractivity contribution in [1.29, 1.82) is 0 Å². The van der Waals surface area contributed by atoms with E-state index in [0.29, 0.717) is 38.7 Å². The lowest BCUT2D eigenvalue weighted by Gasteiger charge is -2.33. The van der Waals surface area contributed by atoms with Crippen molar-refractivity contribution in [3.63, 3.8) is 0 Å². The van der Waals surface area contributed by atoms with E-state index in [-0.39, 0.29) is 11.3 Å². The molecule has 0 atom stereocenters. The normalized spacial score (nSPS) is 16.9. The first-order chi connectivity index (χ1) is 17.1. The monoisotopic (exact) mass is 525 g/mol. The van der Waals surface area contributed by atoms with Gasteiger partial charge in [0, 0.05) is 35.8 Å². The Morgan fingerprint density at radius 3 is 2.86 bits per heavy atom. The fourth-order valence-corrected chi connectivity index (χ4v) is 6.02. The zero-order chi connectivity index (χ0) is 25.7. The lowest BCUT2D eigenvalue weighted by atomic mass is 9.79. The van der Waals surface area contributed by atoms with E-state index in [1.165, 1.54) is 22.9 Å². The van der Waals surface area contributed by atoms with Crippen LogP contribution >= 0.6 is 23.4 Å². The first-order valence-electron chi connectivity index (χ1n) is 11.9. The number of fused-ring (bicyclic) bond motifs is 2. The Morgan fingerprint density at radius 2 is 2.08 bits per heavy atom. The van der Waals surface area contributed by atoms with Crippen molar-refractivity contribution in [2.45, 2.75) is 50.1 Å². The quantitative estimate of drug-likeness (QED) is 0.386. The molecule has 3 heterocycles. The van der Waals surface area contributed by atoms with E-state index in [0.717, 1.165) is 18.8 Å². The first kappa shape index (κ1) is 25.0. The highest BCUT2D eigenvalue weighted by Crippen LogP contribution is 2.42. The molecule has 3 aromatic rings. The number of hydrogen-bond acceptors (Lipinski definition) is 6. The topological polar surface area (TPSA) is 70.2 Å². The zero-order valence-corrected chi connectivity index (χ0v) is 22.4. The second-order valence-electron chi connectivity index (χ2n) is 10.6. The molecule has 36 heavy (non-hydrogen) atoms. The third-order valence-corrected chi connectivity index (χ3v) is 8.13. The van der Waals surface area contributed by atoms with Crippen LogP contribution < -0.4 is 15.5 Å². The van der Waals surface area contributed by atoms with Gasteiger partial charge in [0.2, 0.25) is 5.95 Å². The van der Waals surface area contributed by atoms with Crippen LogP contribution in [-0.4, -0.2) is 35.0 Å². The molecule has 0 radical (unpaired) electrons. The van der Waals surface area contributed by atoms with Crippen molar-refractivity contribution >= 4 is 46.6 Å². The van der Waals surface area contributed by atoms with Gasteiger partial charge in [-0.05, 0) is 34.9 Å². The number of nitrogens with zero attached hydrogens (tertiary/aromatic N) is 3. The van der Waals surface area contributed by atoms with Gasteiger partial charge in [-0.25, -0.2) is 9.97 Å². The Labute approximate surface area is 220 Å². The van der Waals surface area contributed by atoms with Crippen LogP contribution in [0.15, 0.2) is 47.6 Å². The van der Waals surface area contributed by atoms with Gasteiger partial charge in [-0.2, -0.15) is 0 Å². The highest BCUT2D eigenvalue weighted by atomic mass is 35.5. The molecule has 0 unspecified atom stereocenters. The number of rotatable bonds is 5. The molecular formula is C27H29ClFN5OS. The van der Waals surface area contributed by atoms with Gasteiger partial charge in [0.15, 0.2) is 0 Å². The second kappa shape index (κ2) is 9.32. The number of aromatic nitrogens is 2. The maximum absolute atomic E-state index is 13.8. The number of carbonyl (C=O) groups excluding carboxylic acids is 1. The van der Waals surface area contributed by atoms with E-state index in [4.69, 9.17) is 11.6 Å². The number of para-hydroxylation sites is 1. The van der Waals surface area contributed by atoms with Crippen LogP contribution in [0.25, 0.3) is 0 Å². The van der Waals surface area contributed by atoms with Crippen LogP contribution in [0.2, 0.25) is 5.02 Å². The average molecular weight is 526 g/mol. The summed E-state index contributed by atoms with van der Waals surface area (Å²) in [7, 11) is 0. The van der Waals surface area contributed by atoms with Crippen LogP contribution in [0.5, 0.6) is 0 Å². The number of halogens is 2. The molecule has 0 saturated carbocycles. The minimum absolute atomic E-state index is 0.0816. The molecule has 0 fully saturated rings. The number of hydrogen-bond donors (Lipinski definition) is 2. The lowest BCUT2D eigenvalue weighted by molar-refractivity contribution is 0.0985. The highest BCUT2D eigenvalue weighted by molar-refractivity contribution is 7.99. The summed E-state index contributed by atoms with van der Waals surface area (Å²) >= 11 is 7.96. The van der Waals surface area contributed by atoms with Gasteiger partial charge >= 0.3 is 0 Å². The molecular weight excluding hydrogens is 497 g/mol. The number of carbonyl (C=O) groups is 1. The minimum Gasteiger partial charge on any atom is -0.324 e. The maximum atomic E-state index is 13.8. The van der Waals surface area contributed by atoms with Gasteiger partial charge in [-0.15, -0.1) is 0 Å². The van der Waals surface area contributed by atoms with Gasteiger partial charge in [0.25, 0.3) is 5.91 Å². The van der Waals surface area contributed by atoms with Crippen molar-refractivity contribution in [3.05, 3.63) is 69.9 Å². The van der Waals surface area contributed by atoms with Gasteiger partial charge < -0.3 is 10.6 Å². The first-order valence-corrected chi connectivity index (χ1v) is 13.2. The van der Waals surface area contributed by atoms with Crippen molar-refractivity contribution in [1.82, 2.24) is 15.3 Å². The number of nitrogens with one attached hydrogen (secondary N) is 2. The smallest absolute Gasteiger partial charge is 0.263 e. The molecule has 188 valence electrons. The number of anilines is 3. The van der Waals surface area contributed by atoms with Crippen LogP contribution in [0.3, 0.4) is 0 Å². The van der Waals surface area contributed by atoms with E-state index >= 15 is 0 Å². The van der Waals surface area contributed by atoms with Crippen molar-refractivity contribution < 1.29 is 9.18 Å². The summed E-state index contributed by atoms with van der Waals surface area (Å²) in [5.74, 6) is 0.505. The molecule has 6 nitrogen and oxygen atoms in total. The molecule has 5 rings (SSSR count). The largest absolute Gasteiger partial charge is 0.324 e. The van der Waals surface area contributed by atoms with E-state index in [2.05, 4.69) is 46.6 Å². The summed E-state index contributed by atoms with van der Waals surface area (Å²) in [6, 6.07) is 11.7. The van der Waals surface area contributed by atoms with E-state index in [1.807, 2.05) is 12.1 Å². The molecule has 2 N–H and O–H groups in total. The van der Waals surface area contributed by atoms with E-state index < -0.39 is 12.1 Å². The Bertz CT molecular complexity index is 1350. The van der Waals surface area contributed by atoms with Crippen molar-refractivity contribution in [2.75, 3.05) is 29.3 Å². The third kappa shape index (κ3) is 4.46. The molecule has 1 aromatic heterocycles. The molecule has 2 aliphatic heterocycles. The molecule has 0 spiro atoms. The Balaban J connectivity index is 1.41. The maximum Gasteiger partial charge on any atom is 0.263 e. The molecule has 9 heteroatoms. The van der Waals surface area contributed by atoms with Crippen LogP contribution in [-0.2, 0) is 17.4 Å². The predicted octanol–water partition coefficient (Wildman–Crippen LogP) is 6.21. The molecule has 0 aliphatic carbocycles. The molecule has 1 amide bonds. The van der Waals surface area contributed by atoms with Gasteiger partial charge in [0.1, 0.15) is 5.03 Å². The van der Waals surface area contributed by atoms with Crippen LogP contribution in [0.1, 0.15) is 54.7 Å². The van der Waals surface area contributed by atoms with Crippen LogP contribution in [0, 0.1) is 0 Å². The summed E-state index contributed by atoms with van der Waals surface area (Å²) in [5, 5.41) is 7.77. The minimum atomic E-state index is -0.782. The zero-order valence-electron chi connectivity index (χ0n) is 20.8. The average Bonchev–Trinajstić information content (AvgIpc) is 2.84. The number of alkyl halides is 1. The fourth-order valence-electron chi connectivity index (χ4n) is 4.80. The third-order valence-electron chi connectivity index (χ3n) is 6.85. The number of benzene rings is 2. The number of thioether (sulfide) groups is 1. The van der Waals surface area contributed by atoms with Gasteiger partial charge in [0.05, 0.1) is 28.8 Å². The molecule has 0 saturated heterocycles. The Morgan fingerprint density at radius 1 is 1.28 bits per heavy atom. The standard InChI is InChI=1S/C27H29ClFN5OS/c1-26(2,13-29)20-6-5-7-21(28)22(20)34-15-36-23-18(24(34)35)12-31-25(33-23)32-17-8-9-19-16(10-17)11-30-14-27(19,3)4/h5-10,12,30H,11,13-15H2,1-4H3,(H,31,32,33). The predicted molar refractivity (Wildman–Crippen MR) is 144 cm³/mol. The summed E-state index contributed by atoms with van der Waals surface area (Å²) < 4.78 is 13.8. The highest BCUT2D eigenvalue weighted by Gasteiger charge is 2.34. The summed E-state index contributed by atoms with van der Waals surface area (Å²) in [6.45, 7) is 9.28. The SMILES string of the molecule is CC1(C)CNCc2cc(Nc3ncc4c(n3)SCN(c3c(Cl)cccc3C(C)(C)CF)C4=O)ccc21. The Hall–Kier alpha value is -2.68. The van der Waals surface area contributed by atoms with E-state index in [1.54, 1.807) is 37.1 Å². The van der Waals surface area contributed by atoms with E-state index in [9.17, 15) is 9.18 Å². The van der Waals surface area contributed by atoms with Crippen molar-refractivity contribution in [3.8, 4) is 0 Å². The summed E-state index contributed by atoms with van der Waals surface area (Å²) in [4.78, 5) is 24.1. The second-order valence-corrected chi connectivity index (χ2v) is 11.9.